The highest BCUT2D eigenvalue weighted by Gasteiger charge is 2.58. The van der Waals surface area contributed by atoms with Gasteiger partial charge in [0, 0.05) is 13.0 Å². The van der Waals surface area contributed by atoms with Gasteiger partial charge in [-0.3, -0.25) is 14.5 Å². The molecule has 4 aliphatic rings. The normalized spacial score (nSPS) is 37.9. The predicted octanol–water partition coefficient (Wildman–Crippen LogP) is 1.70. The van der Waals surface area contributed by atoms with Crippen LogP contribution in [0.4, 0.5) is 0 Å². The second kappa shape index (κ2) is 5.36. The zero-order chi connectivity index (χ0) is 15.1. The minimum atomic E-state index is -0.731. The maximum atomic E-state index is 12.9. The van der Waals surface area contributed by atoms with Crippen LogP contribution in [0.5, 0.6) is 0 Å². The van der Waals surface area contributed by atoms with Crippen LogP contribution in [0.15, 0.2) is 0 Å². The number of carbonyl (C=O) groups excluding carboxylic acids is 1. The van der Waals surface area contributed by atoms with Crippen molar-refractivity contribution in [3.05, 3.63) is 0 Å². The van der Waals surface area contributed by atoms with Crippen molar-refractivity contribution in [3.8, 4) is 0 Å². The molecular weight excluding hydrogens is 270 g/mol. The van der Waals surface area contributed by atoms with Crippen molar-refractivity contribution in [1.29, 1.82) is 0 Å². The second-order valence-electron chi connectivity index (χ2n) is 7.06. The Balaban J connectivity index is 1.94. The van der Waals surface area contributed by atoms with E-state index in [-0.39, 0.29) is 11.7 Å². The molecule has 4 rings (SSSR count). The first-order chi connectivity index (χ1) is 10.0. The van der Waals surface area contributed by atoms with Gasteiger partial charge in [0.15, 0.2) is 5.78 Å². The van der Waals surface area contributed by atoms with E-state index in [1.807, 2.05) is 0 Å². The Morgan fingerprint density at radius 2 is 1.95 bits per heavy atom. The van der Waals surface area contributed by atoms with E-state index in [0.717, 1.165) is 38.8 Å². The highest BCUT2D eigenvalue weighted by molar-refractivity contribution is 5.93. The van der Waals surface area contributed by atoms with Crippen LogP contribution in [0, 0.1) is 11.3 Å². The fourth-order valence-electron chi connectivity index (χ4n) is 4.83. The second-order valence-corrected chi connectivity index (χ2v) is 7.06. The van der Waals surface area contributed by atoms with Crippen LogP contribution >= 0.6 is 0 Å². The summed E-state index contributed by atoms with van der Waals surface area (Å²) in [7, 11) is 1.61. The summed E-state index contributed by atoms with van der Waals surface area (Å²) in [6.45, 7) is 2.13. The number of methoxy groups -OCH3 is 1. The Morgan fingerprint density at radius 1 is 1.33 bits per heavy atom. The quantitative estimate of drug-likeness (QED) is 0.836. The first kappa shape index (κ1) is 15.0. The van der Waals surface area contributed by atoms with E-state index >= 15 is 0 Å². The number of aliphatic carboxylic acids is 1. The van der Waals surface area contributed by atoms with Crippen LogP contribution in [-0.2, 0) is 14.3 Å². The number of ether oxygens (including phenoxy) is 1. The number of piperidine rings is 3. The molecule has 4 fully saturated rings. The molecule has 3 heterocycles. The molecule has 2 bridgehead atoms. The molecule has 0 radical (unpaired) electrons. The van der Waals surface area contributed by atoms with Crippen molar-refractivity contribution in [2.45, 2.75) is 50.5 Å². The number of hydrogen-bond donors (Lipinski definition) is 1. The standard InChI is InChI=1S/C16H25NO4/c1-21-11-16(10-15(14(19)20)6-2-3-7-15)13(18)12-4-8-17(16)9-5-12/h12H,2-11H2,1H3,(H,19,20). The lowest BCUT2D eigenvalue weighted by Gasteiger charge is -2.54. The van der Waals surface area contributed by atoms with Crippen LogP contribution in [-0.4, -0.2) is 54.1 Å². The SMILES string of the molecule is COCC1(CC2(C(=O)O)CCCC2)C(=O)C2CCN1CC2. The number of carboxylic acid groups (broad SMARTS) is 1. The van der Waals surface area contributed by atoms with Gasteiger partial charge in [0.25, 0.3) is 0 Å². The van der Waals surface area contributed by atoms with E-state index in [1.165, 1.54) is 0 Å². The molecule has 1 saturated carbocycles. The lowest BCUT2D eigenvalue weighted by atomic mass is 9.65. The van der Waals surface area contributed by atoms with Crippen LogP contribution in [0.3, 0.4) is 0 Å². The van der Waals surface area contributed by atoms with Crippen molar-refractivity contribution in [2.75, 3.05) is 26.8 Å². The lowest BCUT2D eigenvalue weighted by molar-refractivity contribution is -0.164. The molecule has 0 amide bonds. The molecule has 0 aromatic heterocycles. The third-order valence-corrected chi connectivity index (χ3v) is 5.96. The molecule has 3 aliphatic heterocycles. The van der Waals surface area contributed by atoms with Gasteiger partial charge >= 0.3 is 5.97 Å². The maximum absolute atomic E-state index is 12.9. The van der Waals surface area contributed by atoms with E-state index in [0.29, 0.717) is 25.9 Å². The van der Waals surface area contributed by atoms with Gasteiger partial charge in [-0.05, 0) is 45.2 Å². The summed E-state index contributed by atoms with van der Waals surface area (Å²) >= 11 is 0. The fourth-order valence-corrected chi connectivity index (χ4v) is 4.83. The molecule has 1 atom stereocenters. The van der Waals surface area contributed by atoms with E-state index in [1.54, 1.807) is 7.11 Å². The lowest BCUT2D eigenvalue weighted by Crippen LogP contribution is -2.68. The van der Waals surface area contributed by atoms with Gasteiger partial charge in [-0.15, -0.1) is 0 Å². The van der Waals surface area contributed by atoms with Crippen molar-refractivity contribution >= 4 is 11.8 Å². The van der Waals surface area contributed by atoms with Crippen LogP contribution in [0.25, 0.3) is 0 Å². The van der Waals surface area contributed by atoms with E-state index in [4.69, 9.17) is 4.74 Å². The highest BCUT2D eigenvalue weighted by Crippen LogP contribution is 2.49. The third-order valence-electron chi connectivity index (χ3n) is 5.96. The Bertz CT molecular complexity index is 436. The average molecular weight is 295 g/mol. The topological polar surface area (TPSA) is 66.8 Å². The van der Waals surface area contributed by atoms with Crippen molar-refractivity contribution in [2.24, 2.45) is 11.3 Å². The van der Waals surface area contributed by atoms with Crippen LogP contribution in [0.2, 0.25) is 0 Å². The molecule has 1 N–H and O–H groups in total. The molecule has 0 aromatic carbocycles. The molecule has 21 heavy (non-hydrogen) atoms. The largest absolute Gasteiger partial charge is 0.481 e. The molecule has 1 aliphatic carbocycles. The Hall–Kier alpha value is -0.940. The van der Waals surface area contributed by atoms with Crippen molar-refractivity contribution in [1.82, 2.24) is 4.90 Å². The minimum Gasteiger partial charge on any atom is -0.481 e. The molecule has 118 valence electrons. The van der Waals surface area contributed by atoms with Crippen molar-refractivity contribution < 1.29 is 19.4 Å². The molecule has 1 unspecified atom stereocenters. The van der Waals surface area contributed by atoms with Gasteiger partial charge in [-0.1, -0.05) is 12.8 Å². The first-order valence-electron chi connectivity index (χ1n) is 8.06. The third kappa shape index (κ3) is 2.21. The number of fused-ring (bicyclic) bond motifs is 3. The Labute approximate surface area is 125 Å². The molecule has 0 spiro atoms. The minimum absolute atomic E-state index is 0.109. The summed E-state index contributed by atoms with van der Waals surface area (Å²) in [5, 5.41) is 9.76. The predicted molar refractivity (Wildman–Crippen MR) is 77.1 cm³/mol. The van der Waals surface area contributed by atoms with E-state index < -0.39 is 16.9 Å². The summed E-state index contributed by atoms with van der Waals surface area (Å²) in [5.41, 5.74) is -1.43. The molecule has 0 aromatic rings. The highest BCUT2D eigenvalue weighted by atomic mass is 16.5. The van der Waals surface area contributed by atoms with Gasteiger partial charge in [-0.25, -0.2) is 0 Å². The van der Waals surface area contributed by atoms with Gasteiger partial charge in [0.2, 0.25) is 0 Å². The smallest absolute Gasteiger partial charge is 0.309 e. The number of ketones is 1. The molecule has 5 heteroatoms. The summed E-state index contributed by atoms with van der Waals surface area (Å²) < 4.78 is 5.39. The summed E-state index contributed by atoms with van der Waals surface area (Å²) in [5.74, 6) is -0.391. The molecule has 5 nitrogen and oxygen atoms in total. The number of nitrogens with zero attached hydrogens (tertiary/aromatic N) is 1. The summed E-state index contributed by atoms with van der Waals surface area (Å²) in [4.78, 5) is 27.0. The monoisotopic (exact) mass is 295 g/mol. The zero-order valence-corrected chi connectivity index (χ0v) is 12.8. The zero-order valence-electron chi connectivity index (χ0n) is 12.8. The summed E-state index contributed by atoms with van der Waals surface area (Å²) in [6.07, 6.45) is 5.56. The van der Waals surface area contributed by atoms with Gasteiger partial charge in [-0.2, -0.15) is 0 Å². The average Bonchev–Trinajstić information content (AvgIpc) is 2.95. The van der Waals surface area contributed by atoms with Gasteiger partial charge in [0.1, 0.15) is 5.54 Å². The number of hydrogen-bond acceptors (Lipinski definition) is 4. The fraction of sp³-hybridized carbons (Fsp3) is 0.875. The van der Waals surface area contributed by atoms with Gasteiger partial charge < -0.3 is 9.84 Å². The maximum Gasteiger partial charge on any atom is 0.309 e. The van der Waals surface area contributed by atoms with E-state index in [9.17, 15) is 14.7 Å². The number of carboxylic acids is 1. The molecular formula is C16H25NO4. The Kier molecular flexibility index (Phi) is 3.82. The number of Topliss-reactive ketones (excluding diaryl/α,β-unsaturated/α-hetero) is 1. The van der Waals surface area contributed by atoms with Gasteiger partial charge in [0.05, 0.1) is 12.0 Å². The number of rotatable bonds is 5. The summed E-state index contributed by atoms with van der Waals surface area (Å²) in [6, 6.07) is 0. The number of carbonyl (C=O) groups is 2. The first-order valence-corrected chi connectivity index (χ1v) is 8.06. The van der Waals surface area contributed by atoms with Crippen LogP contribution in [0.1, 0.15) is 44.9 Å². The van der Waals surface area contributed by atoms with Crippen molar-refractivity contribution in [3.63, 3.8) is 0 Å². The van der Waals surface area contributed by atoms with E-state index in [2.05, 4.69) is 4.90 Å². The molecule has 3 saturated heterocycles. The van der Waals surface area contributed by atoms with Crippen LogP contribution < -0.4 is 0 Å². The Morgan fingerprint density at radius 3 is 2.43 bits per heavy atom.